The third-order valence-corrected chi connectivity index (χ3v) is 9.62. The topological polar surface area (TPSA) is 165 Å². The molecule has 15 heteroatoms. The standard InChI is InChI=1S/C33H43Cl2N3O10/c1-18-8-7-9-24(45-6)33(43)16-23(46-31(42)37-33)19(2)30-32(3,48-30)25(47-28(41)10-11-36-26(39)17-34)15-27(40)38(4)21-13-20(12-18)14-22(44-5)29(21)35/h7-9,13-14,19,23-25,30,43H,10-12,15-17H2,1-6H3,(H,36,39)(H,37,42)/b9-7+,18-8+. The molecule has 48 heavy (non-hydrogen) atoms. The maximum Gasteiger partial charge on any atom is 0.409 e. The predicted molar refractivity (Wildman–Crippen MR) is 177 cm³/mol. The van der Waals surface area contributed by atoms with Crippen LogP contribution in [0, 0.1) is 5.92 Å². The van der Waals surface area contributed by atoms with Crippen LogP contribution in [0.1, 0.15) is 45.6 Å². The van der Waals surface area contributed by atoms with E-state index in [1.165, 1.54) is 19.1 Å². The Balaban J connectivity index is 1.74. The number of ether oxygens (including phenoxy) is 5. The molecule has 3 amide bonds. The minimum atomic E-state index is -1.81. The number of epoxide rings is 1. The van der Waals surface area contributed by atoms with Crippen LogP contribution in [0.5, 0.6) is 5.75 Å². The maximum absolute atomic E-state index is 13.9. The van der Waals surface area contributed by atoms with E-state index in [2.05, 4.69) is 10.6 Å². The van der Waals surface area contributed by atoms with Crippen molar-refractivity contribution in [3.8, 4) is 5.75 Å². The highest BCUT2D eigenvalue weighted by Gasteiger charge is 2.64. The second kappa shape index (κ2) is 15.5. The maximum atomic E-state index is 13.9. The van der Waals surface area contributed by atoms with Crippen LogP contribution < -0.4 is 20.3 Å². The van der Waals surface area contributed by atoms with Crippen LogP contribution in [-0.4, -0.2) is 98.4 Å². The molecule has 1 aromatic carbocycles. The number of esters is 1. The lowest BCUT2D eigenvalue weighted by molar-refractivity contribution is -0.153. The minimum absolute atomic E-state index is 0.0167. The molecule has 3 N–H and O–H groups in total. The van der Waals surface area contributed by atoms with E-state index in [0.29, 0.717) is 17.9 Å². The van der Waals surface area contributed by atoms with Gasteiger partial charge in [0.1, 0.15) is 40.6 Å². The Hall–Kier alpha value is -3.36. The van der Waals surface area contributed by atoms with Crippen molar-refractivity contribution in [3.63, 3.8) is 0 Å². The molecule has 264 valence electrons. The molecule has 0 radical (unpaired) electrons. The molecule has 4 rings (SSSR count). The Kier molecular flexibility index (Phi) is 12.1. The zero-order chi connectivity index (χ0) is 35.4. The van der Waals surface area contributed by atoms with Crippen molar-refractivity contribution >= 4 is 52.8 Å². The molecule has 0 aromatic heterocycles. The summed E-state index contributed by atoms with van der Waals surface area (Å²) in [5, 5.41) is 16.9. The van der Waals surface area contributed by atoms with Gasteiger partial charge in [-0.15, -0.1) is 11.6 Å². The zero-order valence-corrected chi connectivity index (χ0v) is 29.4. The van der Waals surface area contributed by atoms with Gasteiger partial charge in [-0.2, -0.15) is 0 Å². The van der Waals surface area contributed by atoms with Crippen molar-refractivity contribution in [1.29, 1.82) is 0 Å². The smallest absolute Gasteiger partial charge is 0.409 e. The number of benzene rings is 1. The molecular formula is C33H43Cl2N3O10. The van der Waals surface area contributed by atoms with Crippen molar-refractivity contribution in [2.45, 2.75) is 82.2 Å². The lowest BCUT2D eigenvalue weighted by atomic mass is 9.83. The first kappa shape index (κ1) is 37.5. The number of nitrogens with zero attached hydrogens (tertiary/aromatic N) is 1. The molecule has 3 aliphatic heterocycles. The summed E-state index contributed by atoms with van der Waals surface area (Å²) in [6.07, 6.45) is 0.877. The van der Waals surface area contributed by atoms with E-state index < -0.39 is 65.5 Å². The van der Waals surface area contributed by atoms with Gasteiger partial charge in [0.25, 0.3) is 0 Å². The monoisotopic (exact) mass is 711 g/mol. The second-order valence-electron chi connectivity index (χ2n) is 12.5. The molecule has 3 aliphatic rings. The fourth-order valence-corrected chi connectivity index (χ4v) is 6.58. The molecule has 1 aromatic rings. The molecule has 7 atom stereocenters. The molecule has 0 spiro atoms. The Bertz CT molecular complexity index is 1470. The number of rotatable bonds is 7. The number of alkyl halides is 1. The number of anilines is 1. The first-order valence-corrected chi connectivity index (χ1v) is 16.5. The minimum Gasteiger partial charge on any atom is -0.495 e. The number of aliphatic hydroxyl groups is 1. The van der Waals surface area contributed by atoms with Gasteiger partial charge in [0, 0.05) is 33.0 Å². The number of carbonyl (C=O) groups is 4. The Labute approximate surface area is 289 Å². The first-order chi connectivity index (χ1) is 22.6. The van der Waals surface area contributed by atoms with E-state index in [4.69, 9.17) is 46.9 Å². The van der Waals surface area contributed by atoms with Gasteiger partial charge in [-0.25, -0.2) is 4.79 Å². The van der Waals surface area contributed by atoms with Crippen LogP contribution >= 0.6 is 23.2 Å². The summed E-state index contributed by atoms with van der Waals surface area (Å²) >= 11 is 12.2. The van der Waals surface area contributed by atoms with Crippen molar-refractivity contribution in [2.24, 2.45) is 5.92 Å². The van der Waals surface area contributed by atoms with Crippen molar-refractivity contribution in [3.05, 3.63) is 46.5 Å². The summed E-state index contributed by atoms with van der Waals surface area (Å²) in [6.45, 7) is 5.40. The SMILES string of the molecule is COc1cc2cc(c1Cl)N(C)C(=O)CC(OC(=O)CCNC(=O)CCl)C1(C)OC1C(C)C1CC(O)(NC(=O)O1)C(OC)/C=C/C=C(\C)C2. The third-order valence-electron chi connectivity index (χ3n) is 9.00. The van der Waals surface area contributed by atoms with Gasteiger partial charge in [0.2, 0.25) is 11.8 Å². The number of methoxy groups -OCH3 is 2. The van der Waals surface area contributed by atoms with Gasteiger partial charge in [-0.3, -0.25) is 19.7 Å². The van der Waals surface area contributed by atoms with Gasteiger partial charge in [0.15, 0.2) is 5.72 Å². The summed E-state index contributed by atoms with van der Waals surface area (Å²) in [5.74, 6) is -1.93. The summed E-state index contributed by atoms with van der Waals surface area (Å²) in [6, 6.07) is 3.57. The van der Waals surface area contributed by atoms with Crippen LogP contribution in [0.15, 0.2) is 35.9 Å². The fourth-order valence-electron chi connectivity index (χ4n) is 6.17. The highest BCUT2D eigenvalue weighted by atomic mass is 35.5. The van der Waals surface area contributed by atoms with E-state index >= 15 is 0 Å². The van der Waals surface area contributed by atoms with E-state index in [9.17, 15) is 24.3 Å². The molecule has 0 aliphatic carbocycles. The second-order valence-corrected chi connectivity index (χ2v) is 13.2. The fraction of sp³-hybridized carbons (Fsp3) is 0.576. The third kappa shape index (κ3) is 8.43. The highest BCUT2D eigenvalue weighted by molar-refractivity contribution is 6.35. The van der Waals surface area contributed by atoms with Crippen molar-refractivity contribution in [2.75, 3.05) is 38.6 Å². The van der Waals surface area contributed by atoms with Crippen LogP contribution in [0.3, 0.4) is 0 Å². The van der Waals surface area contributed by atoms with E-state index in [0.717, 1.165) is 11.1 Å². The zero-order valence-electron chi connectivity index (χ0n) is 27.8. The van der Waals surface area contributed by atoms with Crippen LogP contribution in [0.4, 0.5) is 10.5 Å². The quantitative estimate of drug-likeness (QED) is 0.217. The molecular weight excluding hydrogens is 669 g/mol. The first-order valence-electron chi connectivity index (χ1n) is 15.6. The summed E-state index contributed by atoms with van der Waals surface area (Å²) < 4.78 is 28.7. The van der Waals surface area contributed by atoms with Crippen molar-refractivity contribution in [1.82, 2.24) is 10.6 Å². The molecule has 7 unspecified atom stereocenters. The van der Waals surface area contributed by atoms with Gasteiger partial charge in [-0.1, -0.05) is 42.3 Å². The molecule has 2 fully saturated rings. The molecule has 0 saturated carbocycles. The van der Waals surface area contributed by atoms with Crippen molar-refractivity contribution < 1.29 is 48.0 Å². The number of amides is 3. The Morgan fingerprint density at radius 1 is 1.25 bits per heavy atom. The number of alkyl carbamates (subject to hydrolysis) is 1. The average molecular weight is 713 g/mol. The van der Waals surface area contributed by atoms with Gasteiger partial charge in [-0.05, 0) is 38.0 Å². The number of hydrogen-bond acceptors (Lipinski definition) is 10. The molecule has 4 bridgehead atoms. The number of carbonyl (C=O) groups excluding carboxylic acids is 4. The van der Waals surface area contributed by atoms with E-state index in [-0.39, 0.29) is 36.7 Å². The van der Waals surface area contributed by atoms with Crippen LogP contribution in [-0.2, 0) is 39.8 Å². The molecule has 2 saturated heterocycles. The van der Waals surface area contributed by atoms with Gasteiger partial charge >= 0.3 is 12.1 Å². The number of fused-ring (bicyclic) bond motifs is 5. The number of halogens is 2. The molecule has 13 nitrogen and oxygen atoms in total. The predicted octanol–water partition coefficient (Wildman–Crippen LogP) is 3.41. The van der Waals surface area contributed by atoms with E-state index in [1.54, 1.807) is 45.2 Å². The number of allylic oxidation sites excluding steroid dienone is 3. The van der Waals surface area contributed by atoms with Crippen LogP contribution in [0.2, 0.25) is 5.02 Å². The Morgan fingerprint density at radius 3 is 2.65 bits per heavy atom. The lowest BCUT2D eigenvalue weighted by Crippen LogP contribution is -2.63. The van der Waals surface area contributed by atoms with E-state index in [1.807, 2.05) is 13.0 Å². The largest absolute Gasteiger partial charge is 0.495 e. The normalized spacial score (nSPS) is 32.5. The van der Waals surface area contributed by atoms with Gasteiger partial charge in [0.05, 0.1) is 31.7 Å². The summed E-state index contributed by atoms with van der Waals surface area (Å²) in [4.78, 5) is 52.5. The lowest BCUT2D eigenvalue weighted by Gasteiger charge is -2.42. The average Bonchev–Trinajstić information content (AvgIpc) is 3.73. The Morgan fingerprint density at radius 2 is 1.98 bits per heavy atom. The summed E-state index contributed by atoms with van der Waals surface area (Å²) in [7, 11) is 4.47. The van der Waals surface area contributed by atoms with Crippen LogP contribution in [0.25, 0.3) is 0 Å². The number of nitrogens with one attached hydrogen (secondary N) is 2. The number of hydrogen-bond donors (Lipinski definition) is 3. The van der Waals surface area contributed by atoms with Gasteiger partial charge < -0.3 is 39.0 Å². The summed E-state index contributed by atoms with van der Waals surface area (Å²) in [5.41, 5.74) is -0.857. The molecule has 3 heterocycles. The highest BCUT2D eigenvalue weighted by Crippen LogP contribution is 2.49.